The second-order valence-corrected chi connectivity index (χ2v) is 6.45. The number of nitrogens with two attached hydrogens (primary N) is 1. The van der Waals surface area contributed by atoms with E-state index in [4.69, 9.17) is 10.5 Å². The minimum atomic E-state index is 0.299. The van der Waals surface area contributed by atoms with Crippen molar-refractivity contribution in [1.29, 1.82) is 0 Å². The Bertz CT molecular complexity index is 144. The molecule has 1 fully saturated rings. The monoisotopic (exact) mass is 201 g/mol. The minimum Gasteiger partial charge on any atom is -0.380 e. The minimum absolute atomic E-state index is 0.299. The molecule has 1 rings (SSSR count). The Morgan fingerprint density at radius 3 is 2.85 bits per heavy atom. The third-order valence-electron chi connectivity index (χ3n) is 2.92. The van der Waals surface area contributed by atoms with Gasteiger partial charge in [0.1, 0.15) is 0 Å². The summed E-state index contributed by atoms with van der Waals surface area (Å²) in [6, 6.07) is 0.355. The van der Waals surface area contributed by atoms with Crippen LogP contribution in [-0.2, 0) is 4.74 Å². The molecule has 2 atom stereocenters. The fourth-order valence-corrected chi connectivity index (χ4v) is 2.90. The summed E-state index contributed by atoms with van der Waals surface area (Å²) in [6.45, 7) is 3.07. The number of ether oxygens (including phenoxy) is 1. The lowest BCUT2D eigenvalue weighted by Crippen LogP contribution is -2.37. The number of hydrogen-bond donors (Lipinski definition) is 1. The highest BCUT2D eigenvalue weighted by atomic mass is 28.1. The first-order valence-corrected chi connectivity index (χ1v) is 6.52. The van der Waals surface area contributed by atoms with Crippen LogP contribution in [0.4, 0.5) is 0 Å². The van der Waals surface area contributed by atoms with E-state index >= 15 is 0 Å². The average molecular weight is 201 g/mol. The highest BCUT2D eigenvalue weighted by Gasteiger charge is 2.26. The van der Waals surface area contributed by atoms with E-state index in [1.807, 2.05) is 0 Å². The summed E-state index contributed by atoms with van der Waals surface area (Å²) in [4.78, 5) is 0. The van der Waals surface area contributed by atoms with Crippen molar-refractivity contribution >= 4 is 10.2 Å². The summed E-state index contributed by atoms with van der Waals surface area (Å²) in [5.41, 5.74) is 5.72. The third kappa shape index (κ3) is 4.25. The smallest absolute Gasteiger partial charge is 0.0486 e. The topological polar surface area (TPSA) is 35.2 Å². The van der Waals surface area contributed by atoms with Crippen LogP contribution in [0.5, 0.6) is 0 Å². The zero-order valence-electron chi connectivity index (χ0n) is 9.01. The van der Waals surface area contributed by atoms with Gasteiger partial charge in [-0.05, 0) is 45.4 Å². The zero-order chi connectivity index (χ0) is 9.73. The van der Waals surface area contributed by atoms with E-state index in [0.29, 0.717) is 11.3 Å². The van der Waals surface area contributed by atoms with Crippen LogP contribution >= 0.6 is 0 Å². The van der Waals surface area contributed by atoms with Gasteiger partial charge in [0.2, 0.25) is 0 Å². The van der Waals surface area contributed by atoms with Crippen molar-refractivity contribution in [3.8, 4) is 0 Å². The van der Waals surface area contributed by atoms with Crippen molar-refractivity contribution in [3.05, 3.63) is 0 Å². The Morgan fingerprint density at radius 2 is 2.31 bits per heavy atom. The average Bonchev–Trinajstić information content (AvgIpc) is 2.04. The van der Waals surface area contributed by atoms with Crippen molar-refractivity contribution in [2.75, 3.05) is 6.61 Å². The van der Waals surface area contributed by atoms with Gasteiger partial charge < -0.3 is 10.5 Å². The molecule has 0 amide bonds. The van der Waals surface area contributed by atoms with Crippen LogP contribution in [0.15, 0.2) is 0 Å². The SMILES string of the molecule is CC(N)CCCC1([SiH3])CCCCO1. The van der Waals surface area contributed by atoms with E-state index in [9.17, 15) is 0 Å². The van der Waals surface area contributed by atoms with Crippen molar-refractivity contribution in [2.24, 2.45) is 5.73 Å². The predicted molar refractivity (Wildman–Crippen MR) is 60.0 cm³/mol. The highest BCUT2D eigenvalue weighted by Crippen LogP contribution is 2.26. The van der Waals surface area contributed by atoms with Gasteiger partial charge in [0.15, 0.2) is 0 Å². The second kappa shape index (κ2) is 5.13. The molecule has 0 aromatic carbocycles. The first-order valence-electron chi connectivity index (χ1n) is 5.52. The molecule has 1 saturated heterocycles. The molecule has 78 valence electrons. The molecule has 0 aromatic heterocycles. The first kappa shape index (κ1) is 11.2. The molecule has 3 heteroatoms. The van der Waals surface area contributed by atoms with Crippen molar-refractivity contribution in [1.82, 2.24) is 0 Å². The largest absolute Gasteiger partial charge is 0.380 e. The summed E-state index contributed by atoms with van der Waals surface area (Å²) in [5, 5.41) is 0.299. The van der Waals surface area contributed by atoms with E-state index in [-0.39, 0.29) is 0 Å². The predicted octanol–water partition coefficient (Wildman–Crippen LogP) is 0.766. The van der Waals surface area contributed by atoms with Crippen LogP contribution in [-0.4, -0.2) is 28.1 Å². The van der Waals surface area contributed by atoms with Gasteiger partial charge in [0, 0.05) is 28.1 Å². The fraction of sp³-hybridized carbons (Fsp3) is 1.00. The molecule has 0 aromatic rings. The molecule has 2 unspecified atom stereocenters. The molecular weight excluding hydrogens is 178 g/mol. The maximum absolute atomic E-state index is 5.87. The fourth-order valence-electron chi connectivity index (χ4n) is 1.99. The molecule has 1 heterocycles. The first-order chi connectivity index (χ1) is 6.12. The lowest BCUT2D eigenvalue weighted by atomic mass is 10.0. The molecule has 1 aliphatic heterocycles. The Balaban J connectivity index is 2.17. The molecule has 1 aliphatic rings. The van der Waals surface area contributed by atoms with Crippen LogP contribution in [0.3, 0.4) is 0 Å². The Morgan fingerprint density at radius 1 is 1.54 bits per heavy atom. The Labute approximate surface area is 84.6 Å². The molecule has 0 radical (unpaired) electrons. The second-order valence-electron chi connectivity index (χ2n) is 4.62. The summed E-state index contributed by atoms with van der Waals surface area (Å²) in [6.07, 6.45) is 7.53. The van der Waals surface area contributed by atoms with Crippen LogP contribution in [0, 0.1) is 0 Å². The van der Waals surface area contributed by atoms with Crippen molar-refractivity contribution in [3.63, 3.8) is 0 Å². The summed E-state index contributed by atoms with van der Waals surface area (Å²) >= 11 is 0. The van der Waals surface area contributed by atoms with Crippen LogP contribution in [0.1, 0.15) is 45.4 Å². The van der Waals surface area contributed by atoms with Crippen molar-refractivity contribution < 1.29 is 4.74 Å². The van der Waals surface area contributed by atoms with Gasteiger partial charge >= 0.3 is 0 Å². The van der Waals surface area contributed by atoms with E-state index in [2.05, 4.69) is 6.92 Å². The number of rotatable bonds is 4. The summed E-state index contributed by atoms with van der Waals surface area (Å²) in [7, 11) is 1.18. The maximum atomic E-state index is 5.87. The molecule has 2 N–H and O–H groups in total. The number of hydrogen-bond acceptors (Lipinski definition) is 2. The van der Waals surface area contributed by atoms with Crippen LogP contribution in [0.2, 0.25) is 0 Å². The highest BCUT2D eigenvalue weighted by molar-refractivity contribution is 6.14. The lowest BCUT2D eigenvalue weighted by Gasteiger charge is -2.34. The quantitative estimate of drug-likeness (QED) is 0.682. The molecule has 0 aliphatic carbocycles. The van der Waals surface area contributed by atoms with Gasteiger partial charge in [-0.25, -0.2) is 0 Å². The van der Waals surface area contributed by atoms with Gasteiger partial charge in [-0.3, -0.25) is 0 Å². The zero-order valence-corrected chi connectivity index (χ0v) is 11.0. The van der Waals surface area contributed by atoms with Gasteiger partial charge in [-0.15, -0.1) is 0 Å². The van der Waals surface area contributed by atoms with Gasteiger partial charge in [-0.2, -0.15) is 0 Å². The van der Waals surface area contributed by atoms with Crippen molar-refractivity contribution in [2.45, 2.75) is 56.7 Å². The van der Waals surface area contributed by atoms with E-state index in [1.54, 1.807) is 0 Å². The molecule has 0 bridgehead atoms. The normalized spacial score (nSPS) is 31.8. The maximum Gasteiger partial charge on any atom is 0.0486 e. The molecule has 0 saturated carbocycles. The lowest BCUT2D eigenvalue weighted by molar-refractivity contribution is -0.0240. The van der Waals surface area contributed by atoms with Gasteiger partial charge in [0.05, 0.1) is 0 Å². The van der Waals surface area contributed by atoms with Gasteiger partial charge in [0.25, 0.3) is 0 Å². The van der Waals surface area contributed by atoms with Crippen LogP contribution in [0.25, 0.3) is 0 Å². The third-order valence-corrected chi connectivity index (χ3v) is 4.20. The summed E-state index contributed by atoms with van der Waals surface area (Å²) in [5.74, 6) is 0. The van der Waals surface area contributed by atoms with E-state index in [0.717, 1.165) is 13.0 Å². The van der Waals surface area contributed by atoms with Gasteiger partial charge in [-0.1, -0.05) is 0 Å². The molecule has 2 nitrogen and oxygen atoms in total. The Hall–Kier alpha value is 0.137. The molecule has 0 spiro atoms. The molecule has 13 heavy (non-hydrogen) atoms. The van der Waals surface area contributed by atoms with E-state index < -0.39 is 0 Å². The molecular formula is C10H23NOSi. The summed E-state index contributed by atoms with van der Waals surface area (Å²) < 4.78 is 5.87. The Kier molecular flexibility index (Phi) is 4.42. The van der Waals surface area contributed by atoms with Crippen LogP contribution < -0.4 is 5.73 Å². The standard InChI is InChI=1S/C10H23NOSi/c1-9(11)5-4-7-10(13)6-2-3-8-12-10/h9H,2-8,11H2,1,13H3. The van der Waals surface area contributed by atoms with E-state index in [1.165, 1.54) is 42.3 Å².